The van der Waals surface area contributed by atoms with Gasteiger partial charge in [-0.25, -0.2) is 9.78 Å². The zero-order valence-corrected chi connectivity index (χ0v) is 15.5. The summed E-state index contributed by atoms with van der Waals surface area (Å²) in [5.74, 6) is -1.30. The molecule has 1 aliphatic rings. The minimum absolute atomic E-state index is 0.322. The van der Waals surface area contributed by atoms with Gasteiger partial charge in [-0.1, -0.05) is 0 Å². The largest absolute Gasteiger partial charge is 0.442 e. The summed E-state index contributed by atoms with van der Waals surface area (Å²) in [7, 11) is 0. The molecule has 3 rings (SSSR count). The van der Waals surface area contributed by atoms with Gasteiger partial charge in [-0.2, -0.15) is 13.2 Å². The van der Waals surface area contributed by atoms with Crippen molar-refractivity contribution in [3.8, 4) is 0 Å². The quantitative estimate of drug-likeness (QED) is 0.408. The van der Waals surface area contributed by atoms with Gasteiger partial charge in [0.1, 0.15) is 10.7 Å². The Hall–Kier alpha value is -2.69. The molecule has 150 valence electrons. The third-order valence-corrected chi connectivity index (χ3v) is 5.24. The van der Waals surface area contributed by atoms with Crippen LogP contribution in [0.5, 0.6) is 0 Å². The minimum Gasteiger partial charge on any atom is -0.442 e. The van der Waals surface area contributed by atoms with Crippen LogP contribution in [0, 0.1) is 17.0 Å². The van der Waals surface area contributed by atoms with Crippen molar-refractivity contribution in [1.29, 1.82) is 0 Å². The van der Waals surface area contributed by atoms with Gasteiger partial charge >= 0.3 is 12.1 Å². The van der Waals surface area contributed by atoms with Crippen molar-refractivity contribution in [2.75, 3.05) is 18.0 Å². The van der Waals surface area contributed by atoms with E-state index >= 15 is 0 Å². The second-order valence-corrected chi connectivity index (χ2v) is 7.20. The number of alkyl halides is 3. The highest BCUT2D eigenvalue weighted by atomic mass is 32.1. The van der Waals surface area contributed by atoms with Crippen molar-refractivity contribution >= 4 is 28.7 Å². The van der Waals surface area contributed by atoms with Crippen LogP contribution in [0.3, 0.4) is 0 Å². The Labute approximate surface area is 161 Å². The second kappa shape index (κ2) is 7.74. The SMILES string of the molecule is Cc1csc(C(OC(=O)c2ccc(N3CCCC3)c([N+](=O)[O-])c2)C(F)(F)F)n1. The summed E-state index contributed by atoms with van der Waals surface area (Å²) < 4.78 is 44.7. The lowest BCUT2D eigenvalue weighted by Gasteiger charge is -2.20. The topological polar surface area (TPSA) is 85.6 Å². The maximum absolute atomic E-state index is 13.3. The molecule has 2 aromatic rings. The zero-order chi connectivity index (χ0) is 20.5. The summed E-state index contributed by atoms with van der Waals surface area (Å²) in [4.78, 5) is 28.6. The fourth-order valence-electron chi connectivity index (χ4n) is 2.95. The number of halogens is 3. The fourth-order valence-corrected chi connectivity index (χ4v) is 3.79. The van der Waals surface area contributed by atoms with E-state index in [0.29, 0.717) is 24.5 Å². The minimum atomic E-state index is -4.86. The highest BCUT2D eigenvalue weighted by molar-refractivity contribution is 7.09. The molecule has 0 amide bonds. The van der Waals surface area contributed by atoms with Gasteiger partial charge in [0.05, 0.1) is 10.5 Å². The molecule has 1 unspecified atom stereocenters. The van der Waals surface area contributed by atoms with Crippen molar-refractivity contribution in [3.05, 3.63) is 50.0 Å². The lowest BCUT2D eigenvalue weighted by molar-refractivity contribution is -0.384. The molecular weight excluding hydrogens is 399 g/mol. The molecule has 0 saturated carbocycles. The van der Waals surface area contributed by atoms with Crippen molar-refractivity contribution < 1.29 is 27.6 Å². The summed E-state index contributed by atoms with van der Waals surface area (Å²) in [5, 5.41) is 12.4. The molecule has 0 N–H and O–H groups in total. The van der Waals surface area contributed by atoms with Crippen LogP contribution in [0.2, 0.25) is 0 Å². The smallest absolute Gasteiger partial charge is 0.432 e. The van der Waals surface area contributed by atoms with Crippen LogP contribution < -0.4 is 4.90 Å². The van der Waals surface area contributed by atoms with E-state index in [0.717, 1.165) is 30.2 Å². The monoisotopic (exact) mass is 415 g/mol. The number of rotatable bonds is 5. The lowest BCUT2D eigenvalue weighted by atomic mass is 10.1. The summed E-state index contributed by atoms with van der Waals surface area (Å²) in [5.41, 5.74) is 0.0417. The first-order valence-corrected chi connectivity index (χ1v) is 9.28. The number of hydrogen-bond donors (Lipinski definition) is 0. The molecule has 11 heteroatoms. The number of thiazole rings is 1. The van der Waals surface area contributed by atoms with Crippen LogP contribution >= 0.6 is 11.3 Å². The van der Waals surface area contributed by atoms with Crippen molar-refractivity contribution in [3.63, 3.8) is 0 Å². The van der Waals surface area contributed by atoms with Crippen LogP contribution in [-0.4, -0.2) is 35.1 Å². The van der Waals surface area contributed by atoms with E-state index in [9.17, 15) is 28.1 Å². The van der Waals surface area contributed by atoms with E-state index in [4.69, 9.17) is 0 Å². The van der Waals surface area contributed by atoms with Gasteiger partial charge in [0.15, 0.2) is 0 Å². The first-order valence-electron chi connectivity index (χ1n) is 8.40. The predicted octanol–water partition coefficient (Wildman–Crippen LogP) is 4.42. The Balaban J connectivity index is 1.88. The molecular formula is C17H16F3N3O4S. The van der Waals surface area contributed by atoms with Crippen LogP contribution in [0.4, 0.5) is 24.5 Å². The number of anilines is 1. The van der Waals surface area contributed by atoms with Crippen LogP contribution in [0.15, 0.2) is 23.6 Å². The summed E-state index contributed by atoms with van der Waals surface area (Å²) in [6.07, 6.45) is -5.61. The molecule has 28 heavy (non-hydrogen) atoms. The van der Waals surface area contributed by atoms with Gasteiger partial charge in [-0.3, -0.25) is 10.1 Å². The number of nitro groups is 1. The van der Waals surface area contributed by atoms with Gasteiger partial charge in [0, 0.05) is 30.2 Å². The van der Waals surface area contributed by atoms with E-state index in [-0.39, 0.29) is 11.3 Å². The zero-order valence-electron chi connectivity index (χ0n) is 14.7. The van der Waals surface area contributed by atoms with Crippen molar-refractivity contribution in [1.82, 2.24) is 4.98 Å². The number of hydrogen-bond acceptors (Lipinski definition) is 7. The summed E-state index contributed by atoms with van der Waals surface area (Å²) >= 11 is 0.726. The first-order chi connectivity index (χ1) is 13.2. The Morgan fingerprint density at radius 3 is 2.57 bits per heavy atom. The first kappa shape index (κ1) is 20.1. The molecule has 0 spiro atoms. The Kier molecular flexibility index (Phi) is 5.54. The standard InChI is InChI=1S/C17H16F3N3O4S/c1-10-9-28-15(21-10)14(17(18,19)20)27-16(24)11-4-5-12(13(8-11)23(25)26)22-6-2-3-7-22/h4-5,8-9,14H,2-3,6-7H2,1H3. The van der Waals surface area contributed by atoms with Crippen molar-refractivity contribution in [2.24, 2.45) is 0 Å². The van der Waals surface area contributed by atoms with Crippen LogP contribution in [-0.2, 0) is 4.74 Å². The molecule has 7 nitrogen and oxygen atoms in total. The van der Waals surface area contributed by atoms with Crippen LogP contribution in [0.25, 0.3) is 0 Å². The average molecular weight is 415 g/mol. The maximum atomic E-state index is 13.3. The van der Waals surface area contributed by atoms with Gasteiger partial charge in [-0.05, 0) is 31.9 Å². The number of ether oxygens (including phenoxy) is 1. The number of benzene rings is 1. The predicted molar refractivity (Wildman–Crippen MR) is 95.6 cm³/mol. The number of nitrogens with zero attached hydrogens (tertiary/aromatic N) is 3. The molecule has 1 aliphatic heterocycles. The van der Waals surface area contributed by atoms with Crippen LogP contribution in [0.1, 0.15) is 40.0 Å². The third kappa shape index (κ3) is 4.24. The van der Waals surface area contributed by atoms with Crippen molar-refractivity contribution in [2.45, 2.75) is 32.0 Å². The maximum Gasteiger partial charge on any atom is 0.432 e. The number of carbonyl (C=O) groups excluding carboxylic acids is 1. The summed E-state index contributed by atoms with van der Waals surface area (Å²) in [6.45, 7) is 2.81. The number of aromatic nitrogens is 1. The number of aryl methyl sites for hydroxylation is 1. The highest BCUT2D eigenvalue weighted by Crippen LogP contribution is 2.38. The van der Waals surface area contributed by atoms with E-state index in [1.54, 1.807) is 0 Å². The van der Waals surface area contributed by atoms with E-state index < -0.39 is 28.2 Å². The molecule has 0 aliphatic carbocycles. The molecule has 0 radical (unpaired) electrons. The number of nitro benzene ring substituents is 1. The molecule has 2 heterocycles. The van der Waals surface area contributed by atoms with Gasteiger partial charge in [-0.15, -0.1) is 11.3 Å². The number of carbonyl (C=O) groups is 1. The van der Waals surface area contributed by atoms with E-state index in [1.165, 1.54) is 24.4 Å². The molecule has 0 bridgehead atoms. The Bertz CT molecular complexity index is 894. The molecule has 1 atom stereocenters. The Morgan fingerprint density at radius 2 is 2.04 bits per heavy atom. The van der Waals surface area contributed by atoms with Gasteiger partial charge in [0.2, 0.25) is 6.10 Å². The lowest BCUT2D eigenvalue weighted by Crippen LogP contribution is -2.26. The average Bonchev–Trinajstić information content (AvgIpc) is 3.29. The molecule has 1 aromatic heterocycles. The fraction of sp³-hybridized carbons (Fsp3) is 0.412. The normalized spacial score (nSPS) is 15.5. The van der Waals surface area contributed by atoms with E-state index in [1.807, 2.05) is 4.90 Å². The Morgan fingerprint density at radius 1 is 1.36 bits per heavy atom. The van der Waals surface area contributed by atoms with Gasteiger partial charge in [0.25, 0.3) is 5.69 Å². The highest BCUT2D eigenvalue weighted by Gasteiger charge is 2.46. The second-order valence-electron chi connectivity index (χ2n) is 6.31. The molecule has 1 aromatic carbocycles. The van der Waals surface area contributed by atoms with Gasteiger partial charge < -0.3 is 9.64 Å². The number of esters is 1. The van der Waals surface area contributed by atoms with E-state index in [2.05, 4.69) is 9.72 Å². The molecule has 1 saturated heterocycles. The molecule has 1 fully saturated rings. The third-order valence-electron chi connectivity index (χ3n) is 4.24. The summed E-state index contributed by atoms with van der Waals surface area (Å²) in [6, 6.07) is 3.57.